The van der Waals surface area contributed by atoms with Crippen LogP contribution in [0.15, 0.2) is 30.3 Å². The Morgan fingerprint density at radius 3 is 1.49 bits per heavy atom. The van der Waals surface area contributed by atoms with E-state index in [1.807, 2.05) is 41.5 Å². The first-order chi connectivity index (χ1) is 36.7. The van der Waals surface area contributed by atoms with Gasteiger partial charge in [-0.1, -0.05) is 85.7 Å². The largest absolute Gasteiger partial charge is 0.343 e. The predicted octanol–water partition coefficient (Wildman–Crippen LogP) is 1.64. The Hall–Kier alpha value is -6.61. The highest BCUT2D eigenvalue weighted by Gasteiger charge is 2.43. The summed E-state index contributed by atoms with van der Waals surface area (Å²) in [5.74, 6) is -7.58. The van der Waals surface area contributed by atoms with Crippen molar-refractivity contribution < 1.29 is 52.7 Å². The number of rotatable bonds is 9. The molecule has 0 aromatic heterocycles. The maximum Gasteiger partial charge on any atom is 0.245 e. The molecule has 442 valence electrons. The van der Waals surface area contributed by atoms with E-state index in [1.165, 1.54) is 94.5 Å². The highest BCUT2D eigenvalue weighted by Crippen LogP contribution is 2.23. The third kappa shape index (κ3) is 17.7. The lowest BCUT2D eigenvalue weighted by Gasteiger charge is -2.37. The van der Waals surface area contributed by atoms with Crippen LogP contribution in [0.3, 0.4) is 0 Å². The lowest BCUT2D eigenvalue weighted by molar-refractivity contribution is -0.151. The van der Waals surface area contributed by atoms with Gasteiger partial charge in [-0.3, -0.25) is 52.7 Å². The first kappa shape index (κ1) is 66.7. The number of fused-ring (bicyclic) bond motifs is 1. The molecular weight excluding hydrogens is 1010 g/mol. The van der Waals surface area contributed by atoms with Crippen molar-refractivity contribution in [1.82, 2.24) is 55.6 Å². The smallest absolute Gasteiger partial charge is 0.245 e. The summed E-state index contributed by atoms with van der Waals surface area (Å²) >= 11 is 0. The molecule has 2 heterocycles. The molecule has 22 heteroatoms. The zero-order valence-corrected chi connectivity index (χ0v) is 50.2. The second kappa shape index (κ2) is 29.6. The van der Waals surface area contributed by atoms with Gasteiger partial charge < -0.3 is 55.6 Å². The molecule has 2 fully saturated rings. The summed E-state index contributed by atoms with van der Waals surface area (Å²) in [4.78, 5) is 166. The Morgan fingerprint density at radius 2 is 0.962 bits per heavy atom. The molecule has 0 bridgehead atoms. The molecule has 4 N–H and O–H groups in total. The summed E-state index contributed by atoms with van der Waals surface area (Å²) in [5.41, 5.74) is 0.702. The first-order valence-corrected chi connectivity index (χ1v) is 27.9. The Kier molecular flexibility index (Phi) is 24.9. The van der Waals surface area contributed by atoms with E-state index < -0.39 is 138 Å². The lowest BCUT2D eigenvalue weighted by Crippen LogP contribution is -2.60. The van der Waals surface area contributed by atoms with E-state index in [4.69, 9.17) is 0 Å². The molecule has 0 radical (unpaired) electrons. The number of hydrogen-bond acceptors (Lipinski definition) is 11. The summed E-state index contributed by atoms with van der Waals surface area (Å²) < 4.78 is 0. The molecule has 79 heavy (non-hydrogen) atoms. The number of benzene rings is 1. The summed E-state index contributed by atoms with van der Waals surface area (Å²) in [5, 5.41) is 11.2. The van der Waals surface area contributed by atoms with Crippen LogP contribution in [0.25, 0.3) is 0 Å². The number of hydrogen-bond donors (Lipinski definition) is 4. The molecule has 0 saturated carbocycles. The predicted molar refractivity (Wildman–Crippen MR) is 299 cm³/mol. The van der Waals surface area contributed by atoms with Crippen LogP contribution in [-0.4, -0.2) is 215 Å². The zero-order valence-electron chi connectivity index (χ0n) is 50.2. The molecule has 2 aliphatic rings. The summed E-state index contributed by atoms with van der Waals surface area (Å²) in [7, 11) is 8.53. The fraction of sp³-hybridized carbons (Fsp3) is 0.702. The Balaban J connectivity index is 2.16. The summed E-state index contributed by atoms with van der Waals surface area (Å²) in [6, 6.07) is -2.37. The molecule has 0 aliphatic carbocycles. The van der Waals surface area contributed by atoms with Crippen molar-refractivity contribution in [3.05, 3.63) is 35.9 Å². The van der Waals surface area contributed by atoms with E-state index in [0.29, 0.717) is 12.0 Å². The minimum Gasteiger partial charge on any atom is -0.343 e. The van der Waals surface area contributed by atoms with Gasteiger partial charge in [0.2, 0.25) is 65.0 Å². The molecule has 22 nitrogen and oxygen atoms in total. The topological polar surface area (TPSA) is 259 Å². The fourth-order valence-corrected chi connectivity index (χ4v) is 10.2. The van der Waals surface area contributed by atoms with Crippen LogP contribution in [0.1, 0.15) is 121 Å². The minimum absolute atomic E-state index is 0.0252. The molecule has 10 unspecified atom stereocenters. The van der Waals surface area contributed by atoms with Gasteiger partial charge in [-0.05, 0) is 89.0 Å². The lowest BCUT2D eigenvalue weighted by atomic mass is 9.99. The van der Waals surface area contributed by atoms with Crippen LogP contribution >= 0.6 is 0 Å². The van der Waals surface area contributed by atoms with Crippen molar-refractivity contribution in [2.24, 2.45) is 23.7 Å². The van der Waals surface area contributed by atoms with E-state index in [-0.39, 0.29) is 56.4 Å². The summed E-state index contributed by atoms with van der Waals surface area (Å²) in [6.45, 7) is 20.3. The van der Waals surface area contributed by atoms with Crippen molar-refractivity contribution in [2.75, 3.05) is 55.4 Å². The van der Waals surface area contributed by atoms with Gasteiger partial charge in [-0.2, -0.15) is 0 Å². The number of amides is 11. The van der Waals surface area contributed by atoms with Gasteiger partial charge in [0.1, 0.15) is 60.4 Å². The Labute approximate surface area is 468 Å². The number of carbonyl (C=O) groups excluding carboxylic acids is 11. The standard InChI is InChI=1S/C57H93N11O11/c1-32(2)27-41-55(77)64(15)39(12)54(76)66(17)44(29-34(5)6)50(72)59-37(10)53(75)67(18)47(35(7)8)57(79)62(13)31-46(69)63(14)38(11)48(70)60-42(28-33(3)4)56(78)68-26-22-25-43(68)49(71)58-36(9)52(74)65(16)45(51(73)61-41)30-40-23-20-19-21-24-40/h19-21,23-24,32-39,41-45,47H,22,25-31H2,1-18H3,(H,58,71)(H,59,72)(H,60,70)(H,61,73). The normalized spacial score (nSPS) is 27.6. The fourth-order valence-electron chi connectivity index (χ4n) is 10.2. The van der Waals surface area contributed by atoms with E-state index in [2.05, 4.69) is 21.3 Å². The Morgan fingerprint density at radius 1 is 0.481 bits per heavy atom. The molecule has 1 aromatic rings. The summed E-state index contributed by atoms with van der Waals surface area (Å²) in [6.07, 6.45) is 1.27. The number of nitrogens with one attached hydrogen (secondary N) is 4. The third-order valence-electron chi connectivity index (χ3n) is 15.2. The number of likely N-dealkylation sites (N-methyl/N-ethyl adjacent to an activating group) is 6. The minimum atomic E-state index is -1.20. The highest BCUT2D eigenvalue weighted by molar-refractivity contribution is 5.99. The van der Waals surface area contributed by atoms with E-state index in [1.54, 1.807) is 44.2 Å². The van der Waals surface area contributed by atoms with E-state index in [9.17, 15) is 52.7 Å². The van der Waals surface area contributed by atoms with E-state index in [0.717, 1.165) is 9.80 Å². The van der Waals surface area contributed by atoms with Crippen molar-refractivity contribution in [1.29, 1.82) is 0 Å². The second-order valence-corrected chi connectivity index (χ2v) is 23.4. The number of carbonyl (C=O) groups is 11. The quantitative estimate of drug-likeness (QED) is 0.277. The van der Waals surface area contributed by atoms with Crippen LogP contribution in [0.2, 0.25) is 0 Å². The van der Waals surface area contributed by atoms with Gasteiger partial charge in [-0.15, -0.1) is 0 Å². The van der Waals surface area contributed by atoms with Crippen LogP contribution in [-0.2, 0) is 59.2 Å². The van der Waals surface area contributed by atoms with Gasteiger partial charge in [0.05, 0.1) is 6.54 Å². The molecule has 10 atom stereocenters. The average Bonchev–Trinajstić information content (AvgIpc) is 3.89. The van der Waals surface area contributed by atoms with Gasteiger partial charge in [0.25, 0.3) is 0 Å². The van der Waals surface area contributed by atoms with E-state index >= 15 is 0 Å². The van der Waals surface area contributed by atoms with Crippen LogP contribution in [0, 0.1) is 23.7 Å². The van der Waals surface area contributed by atoms with Gasteiger partial charge in [-0.25, -0.2) is 0 Å². The van der Waals surface area contributed by atoms with Crippen molar-refractivity contribution in [3.8, 4) is 0 Å². The Bertz CT molecular complexity index is 2350. The average molecular weight is 1110 g/mol. The van der Waals surface area contributed by atoms with Crippen LogP contribution < -0.4 is 21.3 Å². The third-order valence-corrected chi connectivity index (χ3v) is 15.2. The maximum atomic E-state index is 14.7. The number of nitrogens with zero attached hydrogens (tertiary/aromatic N) is 7. The zero-order chi connectivity index (χ0) is 60.1. The molecule has 2 aliphatic heterocycles. The molecule has 11 amide bonds. The van der Waals surface area contributed by atoms with Crippen molar-refractivity contribution >= 4 is 65.0 Å². The molecule has 0 spiro atoms. The molecule has 3 rings (SSSR count). The maximum absolute atomic E-state index is 14.7. The van der Waals surface area contributed by atoms with Gasteiger partial charge in [0.15, 0.2) is 0 Å². The van der Waals surface area contributed by atoms with Crippen molar-refractivity contribution in [3.63, 3.8) is 0 Å². The van der Waals surface area contributed by atoms with Gasteiger partial charge in [0, 0.05) is 55.3 Å². The molecule has 2 saturated heterocycles. The van der Waals surface area contributed by atoms with Gasteiger partial charge >= 0.3 is 0 Å². The molecular formula is C57H93N11O11. The second-order valence-electron chi connectivity index (χ2n) is 23.4. The first-order valence-electron chi connectivity index (χ1n) is 27.9. The monoisotopic (exact) mass is 1110 g/mol. The highest BCUT2D eigenvalue weighted by atomic mass is 16.2. The van der Waals surface area contributed by atoms with Crippen molar-refractivity contribution in [2.45, 2.75) is 182 Å². The van der Waals surface area contributed by atoms with Crippen LogP contribution in [0.5, 0.6) is 0 Å². The van der Waals surface area contributed by atoms with Crippen LogP contribution in [0.4, 0.5) is 0 Å². The molecule has 1 aromatic carbocycles. The SMILES string of the molecule is CC(C)CC1NC(=O)C(Cc2ccccc2)N(C)C(=O)C(C)NC(=O)C2CCCN2C(=O)C(CC(C)C)NC(=O)C(C)N(C)C(=O)CN(C)C(=O)C(C(C)C)N(C)C(=O)C(C)NC(=O)C(CC(C)C)N(C)C(=O)C(C)N(C)C1=O.